The third-order valence-corrected chi connectivity index (χ3v) is 6.01. The van der Waals surface area contributed by atoms with Gasteiger partial charge in [-0.05, 0) is 54.6 Å². The lowest BCUT2D eigenvalue weighted by Gasteiger charge is -2.18. The van der Waals surface area contributed by atoms with Crippen molar-refractivity contribution in [2.75, 3.05) is 16.0 Å². The van der Waals surface area contributed by atoms with Crippen LogP contribution in [0.2, 0.25) is 10.0 Å². The van der Waals surface area contributed by atoms with E-state index in [9.17, 15) is 18.4 Å². The first-order chi connectivity index (χ1) is 16.8. The zero-order valence-corrected chi connectivity index (χ0v) is 19.9. The number of nitrogens with one attached hydrogen (secondary N) is 1. The summed E-state index contributed by atoms with van der Waals surface area (Å²) in [5.74, 6) is -0.641. The number of nitrogens with zero attached hydrogens (tertiary/aromatic N) is 2. The van der Waals surface area contributed by atoms with E-state index in [2.05, 4.69) is 15.0 Å². The van der Waals surface area contributed by atoms with Gasteiger partial charge in [0.05, 0.1) is 28.4 Å². The Balaban J connectivity index is 1.55. The molecule has 0 unspecified atom stereocenters. The second-order valence-corrected chi connectivity index (χ2v) is 8.70. The highest BCUT2D eigenvalue weighted by atomic mass is 35.5. The highest BCUT2D eigenvalue weighted by Crippen LogP contribution is 2.31. The molecule has 1 N–H and O–H groups in total. The van der Waals surface area contributed by atoms with Gasteiger partial charge >= 0.3 is 6.61 Å². The maximum absolute atomic E-state index is 13.1. The quantitative estimate of drug-likeness (QED) is 0.357. The van der Waals surface area contributed by atoms with Crippen LogP contribution in [0.5, 0.6) is 5.75 Å². The zero-order chi connectivity index (χ0) is 24.9. The van der Waals surface area contributed by atoms with Gasteiger partial charge in [0.1, 0.15) is 17.2 Å². The van der Waals surface area contributed by atoms with E-state index in [1.165, 1.54) is 47.6 Å². The number of ether oxygens (including phenoxy) is 1. The predicted octanol–water partition coefficient (Wildman–Crippen LogP) is 6.30. The van der Waals surface area contributed by atoms with Crippen molar-refractivity contribution in [3.8, 4) is 5.75 Å². The molecule has 0 saturated carbocycles. The molecule has 7 nitrogen and oxygen atoms in total. The molecule has 3 aromatic rings. The van der Waals surface area contributed by atoms with Gasteiger partial charge in [-0.3, -0.25) is 14.5 Å². The van der Waals surface area contributed by atoms with Crippen LogP contribution in [-0.4, -0.2) is 29.3 Å². The molecule has 0 atom stereocenters. The Hall–Kier alpha value is -3.34. The van der Waals surface area contributed by atoms with Gasteiger partial charge in [-0.25, -0.2) is 4.99 Å². The molecule has 0 radical (unpaired) electrons. The van der Waals surface area contributed by atoms with Crippen molar-refractivity contribution in [2.24, 2.45) is 4.99 Å². The number of amides is 2. The number of benzene rings is 2. The maximum Gasteiger partial charge on any atom is 0.387 e. The molecule has 180 valence electrons. The number of hydrogen-bond acceptors (Lipinski definition) is 6. The number of alkyl halides is 2. The summed E-state index contributed by atoms with van der Waals surface area (Å²) in [5.41, 5.74) is 0.775. The van der Waals surface area contributed by atoms with Crippen LogP contribution < -0.4 is 15.0 Å². The fourth-order valence-corrected chi connectivity index (χ4v) is 4.16. The number of halogens is 4. The van der Waals surface area contributed by atoms with Crippen LogP contribution in [0.4, 0.5) is 20.2 Å². The minimum atomic E-state index is -2.98. The van der Waals surface area contributed by atoms with E-state index in [1.54, 1.807) is 24.3 Å². The van der Waals surface area contributed by atoms with Crippen molar-refractivity contribution in [1.82, 2.24) is 0 Å². The van der Waals surface area contributed by atoms with Crippen molar-refractivity contribution >= 4 is 69.4 Å². The second kappa shape index (κ2) is 10.9. The van der Waals surface area contributed by atoms with Gasteiger partial charge in [0.2, 0.25) is 5.91 Å². The summed E-state index contributed by atoms with van der Waals surface area (Å²) in [6.45, 7) is -2.98. The molecule has 12 heteroatoms. The van der Waals surface area contributed by atoms with Crippen molar-refractivity contribution in [3.63, 3.8) is 0 Å². The highest BCUT2D eigenvalue weighted by Gasteiger charge is 2.32. The molecular formula is C23H15Cl2F2N3O4S. The number of carbonyl (C=O) groups is 2. The van der Waals surface area contributed by atoms with Gasteiger partial charge < -0.3 is 14.5 Å². The lowest BCUT2D eigenvalue weighted by atomic mass is 10.2. The van der Waals surface area contributed by atoms with E-state index >= 15 is 0 Å². The molecule has 0 spiro atoms. The molecule has 0 bridgehead atoms. The zero-order valence-electron chi connectivity index (χ0n) is 17.6. The Bertz CT molecular complexity index is 1300. The van der Waals surface area contributed by atoms with Crippen molar-refractivity contribution < 1.29 is 27.5 Å². The summed E-state index contributed by atoms with van der Waals surface area (Å²) < 4.78 is 34.6. The summed E-state index contributed by atoms with van der Waals surface area (Å²) in [7, 11) is 0. The third-order valence-electron chi connectivity index (χ3n) is 4.51. The molecule has 2 amide bonds. The number of carbonyl (C=O) groups excluding carboxylic acids is 2. The average Bonchev–Trinajstić information content (AvgIpc) is 3.43. The molecule has 0 aliphatic carbocycles. The van der Waals surface area contributed by atoms with Crippen LogP contribution in [0.3, 0.4) is 0 Å². The predicted molar refractivity (Wildman–Crippen MR) is 132 cm³/mol. The number of anilines is 2. The Kier molecular flexibility index (Phi) is 7.74. The molecule has 2 aromatic carbocycles. The fraction of sp³-hybridized carbons (Fsp3) is 0.0870. The van der Waals surface area contributed by atoms with E-state index in [4.69, 9.17) is 27.6 Å². The number of aliphatic imine (C=N–C) groups is 1. The Labute approximate surface area is 212 Å². The summed E-state index contributed by atoms with van der Waals surface area (Å²) in [4.78, 5) is 31.3. The third kappa shape index (κ3) is 6.21. The summed E-state index contributed by atoms with van der Waals surface area (Å²) in [6, 6.07) is 13.5. The maximum atomic E-state index is 13.1. The number of furan rings is 1. The standard InChI is InChI=1S/C23H15Cl2F2N3O4S/c24-13-3-8-17(25)18(10-13)28-20(31)12-35-23-29-19(11-16-2-1-9-33-16)21(32)30(23)14-4-6-15(7-5-14)34-22(26)27/h1-11,22H,12H2,(H,28,31)/b19-11-. The molecule has 35 heavy (non-hydrogen) atoms. The van der Waals surface area contributed by atoms with Gasteiger partial charge in [-0.1, -0.05) is 35.0 Å². The molecule has 2 heterocycles. The van der Waals surface area contributed by atoms with Crippen LogP contribution in [0.15, 0.2) is 76.0 Å². The van der Waals surface area contributed by atoms with Crippen LogP contribution in [0.25, 0.3) is 6.08 Å². The van der Waals surface area contributed by atoms with Gasteiger partial charge in [0, 0.05) is 11.1 Å². The fourth-order valence-electron chi connectivity index (χ4n) is 3.02. The van der Waals surface area contributed by atoms with E-state index in [0.717, 1.165) is 11.8 Å². The average molecular weight is 538 g/mol. The van der Waals surface area contributed by atoms with E-state index in [0.29, 0.717) is 27.2 Å². The van der Waals surface area contributed by atoms with E-state index < -0.39 is 18.4 Å². The first-order valence-corrected chi connectivity index (χ1v) is 11.7. The molecule has 4 rings (SSSR count). The minimum Gasteiger partial charge on any atom is -0.465 e. The molecule has 0 fully saturated rings. The lowest BCUT2D eigenvalue weighted by Crippen LogP contribution is -2.31. The van der Waals surface area contributed by atoms with Gasteiger partial charge in [0.15, 0.2) is 5.17 Å². The Morgan fingerprint density at radius 2 is 1.97 bits per heavy atom. The summed E-state index contributed by atoms with van der Waals surface area (Å²) in [6.07, 6.45) is 2.92. The topological polar surface area (TPSA) is 84.1 Å². The number of amidine groups is 1. The van der Waals surface area contributed by atoms with E-state index in [1.807, 2.05) is 0 Å². The van der Waals surface area contributed by atoms with Gasteiger partial charge in [0.25, 0.3) is 5.91 Å². The first-order valence-electron chi connectivity index (χ1n) is 9.91. The summed E-state index contributed by atoms with van der Waals surface area (Å²) >= 11 is 13.0. The smallest absolute Gasteiger partial charge is 0.387 e. The molecule has 1 aliphatic heterocycles. The van der Waals surface area contributed by atoms with E-state index in [-0.39, 0.29) is 22.4 Å². The van der Waals surface area contributed by atoms with Crippen LogP contribution >= 0.6 is 35.0 Å². The number of hydrogen-bond donors (Lipinski definition) is 1. The van der Waals surface area contributed by atoms with Crippen molar-refractivity contribution in [2.45, 2.75) is 6.61 Å². The van der Waals surface area contributed by atoms with Crippen molar-refractivity contribution in [3.05, 3.63) is 82.4 Å². The first kappa shape index (κ1) is 24.8. The molecule has 0 saturated heterocycles. The van der Waals surface area contributed by atoms with Crippen LogP contribution in [0, 0.1) is 0 Å². The molecular weight excluding hydrogens is 523 g/mol. The second-order valence-electron chi connectivity index (χ2n) is 6.91. The lowest BCUT2D eigenvalue weighted by molar-refractivity contribution is -0.114. The van der Waals surface area contributed by atoms with Gasteiger partial charge in [-0.15, -0.1) is 0 Å². The highest BCUT2D eigenvalue weighted by molar-refractivity contribution is 8.14. The summed E-state index contributed by atoms with van der Waals surface area (Å²) in [5, 5.41) is 3.59. The normalized spacial score (nSPS) is 14.5. The van der Waals surface area contributed by atoms with Gasteiger partial charge in [-0.2, -0.15) is 8.78 Å². The van der Waals surface area contributed by atoms with Crippen molar-refractivity contribution in [1.29, 1.82) is 0 Å². The monoisotopic (exact) mass is 537 g/mol. The Morgan fingerprint density at radius 3 is 2.66 bits per heavy atom. The van der Waals surface area contributed by atoms with Crippen LogP contribution in [0.1, 0.15) is 5.76 Å². The SMILES string of the molecule is O=C(CSC1=N/C(=C\c2ccco2)C(=O)N1c1ccc(OC(F)F)cc1)Nc1cc(Cl)ccc1Cl. The minimum absolute atomic E-state index is 0.0642. The Morgan fingerprint density at radius 1 is 1.20 bits per heavy atom. The van der Waals surface area contributed by atoms with Crippen LogP contribution in [-0.2, 0) is 9.59 Å². The largest absolute Gasteiger partial charge is 0.465 e. The molecule has 1 aliphatic rings. The molecule has 1 aromatic heterocycles. The number of thioether (sulfide) groups is 1. The number of rotatable bonds is 7.